The smallest absolute Gasteiger partial charge is 0.225 e. The highest BCUT2D eigenvalue weighted by atomic mass is 32.2. The first-order chi connectivity index (χ1) is 13.9. The summed E-state index contributed by atoms with van der Waals surface area (Å²) in [4.78, 5) is 19.6. The zero-order valence-electron chi connectivity index (χ0n) is 17.4. The second-order valence-corrected chi connectivity index (χ2v) is 10.0. The lowest BCUT2D eigenvalue weighted by Gasteiger charge is -2.21. The summed E-state index contributed by atoms with van der Waals surface area (Å²) < 4.78 is 23.1. The Balaban J connectivity index is 1.56. The van der Waals surface area contributed by atoms with Gasteiger partial charge < -0.3 is 15.5 Å². The van der Waals surface area contributed by atoms with Crippen LogP contribution in [-0.4, -0.2) is 57.1 Å². The monoisotopic (exact) mass is 420 g/mol. The Hall–Kier alpha value is -2.09. The van der Waals surface area contributed by atoms with Crippen LogP contribution < -0.4 is 10.6 Å². The number of likely N-dealkylation sites (tertiary alicyclic amines) is 1. The fourth-order valence-electron chi connectivity index (χ4n) is 4.03. The summed E-state index contributed by atoms with van der Waals surface area (Å²) >= 11 is 0. The number of carbonyl (C=O) groups is 1. The number of guanidine groups is 1. The molecular formula is C21H32N4O3S. The van der Waals surface area contributed by atoms with Crippen molar-refractivity contribution in [2.24, 2.45) is 10.9 Å². The average Bonchev–Trinajstić information content (AvgIpc) is 3.38. The molecule has 0 aromatic heterocycles. The van der Waals surface area contributed by atoms with Gasteiger partial charge in [0, 0.05) is 37.8 Å². The molecule has 1 heterocycles. The molecule has 3 rings (SSSR count). The highest BCUT2D eigenvalue weighted by Crippen LogP contribution is 2.27. The van der Waals surface area contributed by atoms with E-state index in [2.05, 4.69) is 15.6 Å². The summed E-state index contributed by atoms with van der Waals surface area (Å²) in [5.74, 6) is 1.27. The molecule has 1 unspecified atom stereocenters. The topological polar surface area (TPSA) is 90.9 Å². The highest BCUT2D eigenvalue weighted by molar-refractivity contribution is 7.90. The molecule has 1 aliphatic heterocycles. The summed E-state index contributed by atoms with van der Waals surface area (Å²) in [6.45, 7) is 4.75. The van der Waals surface area contributed by atoms with Gasteiger partial charge in [-0.3, -0.25) is 4.79 Å². The molecule has 2 aliphatic rings. The number of nitrogens with zero attached hydrogens (tertiary/aromatic N) is 2. The number of hydrogen-bond donors (Lipinski definition) is 2. The Morgan fingerprint density at radius 2 is 1.86 bits per heavy atom. The van der Waals surface area contributed by atoms with Crippen LogP contribution in [0.5, 0.6) is 0 Å². The normalized spacial score (nSPS) is 20.8. The SMILES string of the molecule is CCNC(=NCc1ccc(S(C)(=O)=O)cc1)NC1CCN(C(=O)C2CCCC2)C1. The van der Waals surface area contributed by atoms with Gasteiger partial charge in [0.1, 0.15) is 0 Å². The molecule has 8 heteroatoms. The van der Waals surface area contributed by atoms with Gasteiger partial charge in [0.05, 0.1) is 11.4 Å². The maximum atomic E-state index is 12.6. The Bertz CT molecular complexity index is 830. The van der Waals surface area contributed by atoms with Crippen molar-refractivity contribution in [1.29, 1.82) is 0 Å². The van der Waals surface area contributed by atoms with Gasteiger partial charge in [0.15, 0.2) is 15.8 Å². The molecule has 1 amide bonds. The van der Waals surface area contributed by atoms with E-state index in [4.69, 9.17) is 0 Å². The third-order valence-corrected chi connectivity index (χ3v) is 6.79. The van der Waals surface area contributed by atoms with Gasteiger partial charge in [-0.25, -0.2) is 13.4 Å². The van der Waals surface area contributed by atoms with Crippen molar-refractivity contribution in [2.45, 2.75) is 56.5 Å². The zero-order chi connectivity index (χ0) is 20.9. The minimum Gasteiger partial charge on any atom is -0.357 e. The Morgan fingerprint density at radius 3 is 2.48 bits per heavy atom. The quantitative estimate of drug-likeness (QED) is 0.542. The lowest BCUT2D eigenvalue weighted by Crippen LogP contribution is -2.45. The van der Waals surface area contributed by atoms with Crippen molar-refractivity contribution < 1.29 is 13.2 Å². The van der Waals surface area contributed by atoms with Crippen LogP contribution >= 0.6 is 0 Å². The molecule has 1 aliphatic carbocycles. The average molecular weight is 421 g/mol. The molecule has 29 heavy (non-hydrogen) atoms. The van der Waals surface area contributed by atoms with Gasteiger partial charge in [-0.1, -0.05) is 25.0 Å². The number of rotatable bonds is 6. The highest BCUT2D eigenvalue weighted by Gasteiger charge is 2.32. The molecule has 7 nitrogen and oxygen atoms in total. The molecule has 0 bridgehead atoms. The molecule has 1 saturated carbocycles. The van der Waals surface area contributed by atoms with Crippen molar-refractivity contribution in [2.75, 3.05) is 25.9 Å². The number of aliphatic imine (C=N–C) groups is 1. The molecule has 2 fully saturated rings. The van der Waals surface area contributed by atoms with Crippen LogP contribution in [0.4, 0.5) is 0 Å². The van der Waals surface area contributed by atoms with Crippen LogP contribution in [0.2, 0.25) is 0 Å². The largest absolute Gasteiger partial charge is 0.357 e. The predicted molar refractivity (Wildman–Crippen MR) is 114 cm³/mol. The maximum Gasteiger partial charge on any atom is 0.225 e. The minimum atomic E-state index is -3.19. The molecular weight excluding hydrogens is 388 g/mol. The van der Waals surface area contributed by atoms with Gasteiger partial charge in [-0.15, -0.1) is 0 Å². The van der Waals surface area contributed by atoms with Crippen LogP contribution in [-0.2, 0) is 21.2 Å². The first-order valence-electron chi connectivity index (χ1n) is 10.5. The maximum absolute atomic E-state index is 12.6. The van der Waals surface area contributed by atoms with Crippen molar-refractivity contribution in [3.63, 3.8) is 0 Å². The minimum absolute atomic E-state index is 0.200. The van der Waals surface area contributed by atoms with Crippen LogP contribution in [0.15, 0.2) is 34.2 Å². The van der Waals surface area contributed by atoms with Gasteiger partial charge in [0.25, 0.3) is 0 Å². The summed E-state index contributed by atoms with van der Waals surface area (Å²) in [5, 5.41) is 6.70. The third-order valence-electron chi connectivity index (χ3n) is 5.66. The molecule has 2 N–H and O–H groups in total. The van der Waals surface area contributed by atoms with E-state index in [0.717, 1.165) is 50.4 Å². The summed E-state index contributed by atoms with van der Waals surface area (Å²) in [5.41, 5.74) is 0.944. The molecule has 0 spiro atoms. The van der Waals surface area contributed by atoms with Crippen molar-refractivity contribution in [3.8, 4) is 0 Å². The van der Waals surface area contributed by atoms with Crippen LogP contribution in [0, 0.1) is 5.92 Å². The van der Waals surface area contributed by atoms with Crippen LogP contribution in [0.3, 0.4) is 0 Å². The zero-order valence-corrected chi connectivity index (χ0v) is 18.2. The lowest BCUT2D eigenvalue weighted by atomic mass is 10.1. The van der Waals surface area contributed by atoms with E-state index in [0.29, 0.717) is 17.3 Å². The Kier molecular flexibility index (Phi) is 7.16. The van der Waals surface area contributed by atoms with E-state index in [1.165, 1.54) is 19.1 Å². The molecule has 1 aromatic rings. The third kappa shape index (κ3) is 5.95. The van der Waals surface area contributed by atoms with E-state index in [1.54, 1.807) is 24.3 Å². The number of benzene rings is 1. The van der Waals surface area contributed by atoms with Gasteiger partial charge in [0.2, 0.25) is 5.91 Å². The Morgan fingerprint density at radius 1 is 1.17 bits per heavy atom. The van der Waals surface area contributed by atoms with E-state index in [1.807, 2.05) is 11.8 Å². The lowest BCUT2D eigenvalue weighted by molar-refractivity contribution is -0.134. The Labute approximate surface area is 173 Å². The molecule has 1 saturated heterocycles. The van der Waals surface area contributed by atoms with E-state index >= 15 is 0 Å². The molecule has 1 aromatic carbocycles. The standard InChI is InChI=1S/C21H32N4O3S/c1-3-22-21(23-14-16-8-10-19(11-9-16)29(2,27)28)24-18-12-13-25(15-18)20(26)17-6-4-5-7-17/h8-11,17-18H,3-7,12-15H2,1-2H3,(H2,22,23,24). The fraction of sp³-hybridized carbons (Fsp3) is 0.619. The second-order valence-electron chi connectivity index (χ2n) is 8.01. The number of sulfone groups is 1. The van der Waals surface area contributed by atoms with E-state index in [-0.39, 0.29) is 12.0 Å². The van der Waals surface area contributed by atoms with Gasteiger partial charge in [-0.2, -0.15) is 0 Å². The number of carbonyl (C=O) groups excluding carboxylic acids is 1. The molecule has 1 atom stereocenters. The van der Waals surface area contributed by atoms with Gasteiger partial charge >= 0.3 is 0 Å². The summed E-state index contributed by atoms with van der Waals surface area (Å²) in [7, 11) is -3.19. The van der Waals surface area contributed by atoms with Crippen LogP contribution in [0.25, 0.3) is 0 Å². The molecule has 0 radical (unpaired) electrons. The van der Waals surface area contributed by atoms with Gasteiger partial charge in [-0.05, 0) is 43.9 Å². The predicted octanol–water partition coefficient (Wildman–Crippen LogP) is 1.94. The van der Waals surface area contributed by atoms with Crippen molar-refractivity contribution in [1.82, 2.24) is 15.5 Å². The summed E-state index contributed by atoms with van der Waals surface area (Å²) in [6, 6.07) is 7.02. The van der Waals surface area contributed by atoms with E-state index in [9.17, 15) is 13.2 Å². The van der Waals surface area contributed by atoms with Crippen molar-refractivity contribution >= 4 is 21.7 Å². The van der Waals surface area contributed by atoms with Crippen molar-refractivity contribution in [3.05, 3.63) is 29.8 Å². The fourth-order valence-corrected chi connectivity index (χ4v) is 4.67. The number of hydrogen-bond acceptors (Lipinski definition) is 4. The van der Waals surface area contributed by atoms with E-state index < -0.39 is 9.84 Å². The first kappa shape index (κ1) is 21.6. The summed E-state index contributed by atoms with van der Waals surface area (Å²) in [6.07, 6.45) is 6.55. The molecule has 160 valence electrons. The first-order valence-corrected chi connectivity index (χ1v) is 12.4. The van der Waals surface area contributed by atoms with Crippen LogP contribution in [0.1, 0.15) is 44.6 Å². The number of amides is 1. The number of nitrogens with one attached hydrogen (secondary N) is 2. The second kappa shape index (κ2) is 9.61.